The zero-order chi connectivity index (χ0) is 14.4. The summed E-state index contributed by atoms with van der Waals surface area (Å²) in [7, 11) is 2.03. The predicted molar refractivity (Wildman–Crippen MR) is 86.5 cm³/mol. The minimum absolute atomic E-state index is 0. The number of rotatable bonds is 5. The van der Waals surface area contributed by atoms with E-state index < -0.39 is 0 Å². The van der Waals surface area contributed by atoms with E-state index in [2.05, 4.69) is 79.7 Å². The SMILES string of the molecule is CCN(CC)c1ccc(/C=C/c2cc[n+](C)cc2)cc1.[Cl-]. The molecule has 21 heavy (non-hydrogen) atoms. The molecule has 2 nitrogen and oxygen atoms in total. The van der Waals surface area contributed by atoms with Crippen molar-refractivity contribution in [1.29, 1.82) is 0 Å². The Bertz CT molecular complexity index is 555. The lowest BCUT2D eigenvalue weighted by Gasteiger charge is -2.20. The number of aromatic nitrogens is 1. The van der Waals surface area contributed by atoms with Crippen molar-refractivity contribution in [2.45, 2.75) is 13.8 Å². The Hall–Kier alpha value is -1.80. The summed E-state index contributed by atoms with van der Waals surface area (Å²) >= 11 is 0. The highest BCUT2D eigenvalue weighted by molar-refractivity contribution is 5.70. The molecule has 0 aliphatic rings. The highest BCUT2D eigenvalue weighted by Gasteiger charge is 2.00. The average Bonchev–Trinajstić information content (AvgIpc) is 2.49. The molecule has 0 saturated heterocycles. The molecule has 2 aromatic rings. The Labute approximate surface area is 134 Å². The molecule has 0 unspecified atom stereocenters. The van der Waals surface area contributed by atoms with Gasteiger partial charge in [0.05, 0.1) is 0 Å². The van der Waals surface area contributed by atoms with Gasteiger partial charge in [-0.2, -0.15) is 0 Å². The Morgan fingerprint density at radius 1 is 0.857 bits per heavy atom. The van der Waals surface area contributed by atoms with E-state index in [9.17, 15) is 0 Å². The first-order chi connectivity index (χ1) is 9.72. The Morgan fingerprint density at radius 3 is 1.81 bits per heavy atom. The van der Waals surface area contributed by atoms with Crippen LogP contribution in [0.15, 0.2) is 48.8 Å². The standard InChI is InChI=1S/C18H23N2.ClH/c1-4-20(5-2)18-10-8-16(9-11-18)6-7-17-12-14-19(3)15-13-17;/h6-15H,4-5H2,1-3H3;1H/q+1;/p-1. The van der Waals surface area contributed by atoms with Crippen LogP contribution < -0.4 is 21.9 Å². The minimum atomic E-state index is 0. The molecule has 3 heteroatoms. The number of hydrogen-bond acceptors (Lipinski definition) is 1. The molecule has 0 aliphatic carbocycles. The number of benzene rings is 1. The van der Waals surface area contributed by atoms with Gasteiger partial charge in [-0.1, -0.05) is 24.3 Å². The van der Waals surface area contributed by atoms with Crippen molar-refractivity contribution < 1.29 is 17.0 Å². The summed E-state index contributed by atoms with van der Waals surface area (Å²) in [4.78, 5) is 2.35. The van der Waals surface area contributed by atoms with E-state index in [4.69, 9.17) is 0 Å². The van der Waals surface area contributed by atoms with E-state index in [0.717, 1.165) is 13.1 Å². The van der Waals surface area contributed by atoms with Gasteiger partial charge in [0.25, 0.3) is 0 Å². The Kier molecular flexibility index (Phi) is 6.97. The second-order valence-corrected chi connectivity index (χ2v) is 4.89. The van der Waals surface area contributed by atoms with Crippen LogP contribution in [0.3, 0.4) is 0 Å². The molecule has 0 bridgehead atoms. The van der Waals surface area contributed by atoms with Crippen molar-refractivity contribution in [2.24, 2.45) is 7.05 Å². The van der Waals surface area contributed by atoms with Crippen LogP contribution in [0.25, 0.3) is 12.2 Å². The third kappa shape index (κ3) is 4.91. The fraction of sp³-hybridized carbons (Fsp3) is 0.278. The van der Waals surface area contributed by atoms with Gasteiger partial charge < -0.3 is 17.3 Å². The molecule has 0 saturated carbocycles. The molecular weight excluding hydrogens is 280 g/mol. The van der Waals surface area contributed by atoms with Crippen LogP contribution in [0, 0.1) is 0 Å². The fourth-order valence-electron chi connectivity index (χ4n) is 2.20. The molecule has 0 spiro atoms. The maximum Gasteiger partial charge on any atom is 0.169 e. The summed E-state index contributed by atoms with van der Waals surface area (Å²) in [5.74, 6) is 0. The Balaban J connectivity index is 0.00000220. The van der Waals surface area contributed by atoms with Crippen molar-refractivity contribution in [3.63, 3.8) is 0 Å². The van der Waals surface area contributed by atoms with Gasteiger partial charge in [0.15, 0.2) is 12.4 Å². The van der Waals surface area contributed by atoms with Crippen LogP contribution >= 0.6 is 0 Å². The molecule has 0 radical (unpaired) electrons. The first kappa shape index (κ1) is 17.3. The molecule has 1 heterocycles. The lowest BCUT2D eigenvalue weighted by molar-refractivity contribution is -0.671. The summed E-state index contributed by atoms with van der Waals surface area (Å²) < 4.78 is 2.04. The number of aryl methyl sites for hydroxylation is 1. The van der Waals surface area contributed by atoms with Crippen molar-refractivity contribution >= 4 is 17.8 Å². The molecule has 0 atom stereocenters. The van der Waals surface area contributed by atoms with Gasteiger partial charge in [0.2, 0.25) is 0 Å². The third-order valence-electron chi connectivity index (χ3n) is 3.49. The zero-order valence-electron chi connectivity index (χ0n) is 13.0. The van der Waals surface area contributed by atoms with Crippen LogP contribution in [0.2, 0.25) is 0 Å². The van der Waals surface area contributed by atoms with Crippen LogP contribution in [0.1, 0.15) is 25.0 Å². The largest absolute Gasteiger partial charge is 1.00 e. The maximum atomic E-state index is 2.35. The van der Waals surface area contributed by atoms with E-state index in [1.165, 1.54) is 16.8 Å². The average molecular weight is 303 g/mol. The van der Waals surface area contributed by atoms with Crippen molar-refractivity contribution in [3.05, 3.63) is 59.9 Å². The first-order valence-corrected chi connectivity index (χ1v) is 7.21. The zero-order valence-corrected chi connectivity index (χ0v) is 13.7. The quantitative estimate of drug-likeness (QED) is 0.731. The number of halogens is 1. The number of hydrogen-bond donors (Lipinski definition) is 0. The van der Waals surface area contributed by atoms with Gasteiger partial charge in [0, 0.05) is 30.9 Å². The van der Waals surface area contributed by atoms with E-state index in [0.29, 0.717) is 0 Å². The van der Waals surface area contributed by atoms with Crippen molar-refractivity contribution in [1.82, 2.24) is 0 Å². The van der Waals surface area contributed by atoms with E-state index in [1.54, 1.807) is 0 Å². The van der Waals surface area contributed by atoms with Crippen molar-refractivity contribution in [2.75, 3.05) is 18.0 Å². The van der Waals surface area contributed by atoms with E-state index in [-0.39, 0.29) is 12.4 Å². The predicted octanol–water partition coefficient (Wildman–Crippen LogP) is 0.532. The van der Waals surface area contributed by atoms with Gasteiger partial charge in [0.1, 0.15) is 7.05 Å². The van der Waals surface area contributed by atoms with Crippen LogP contribution in [0.5, 0.6) is 0 Å². The fourth-order valence-corrected chi connectivity index (χ4v) is 2.20. The number of nitrogens with zero attached hydrogens (tertiary/aromatic N) is 2. The van der Waals surface area contributed by atoms with Crippen LogP contribution in [0.4, 0.5) is 5.69 Å². The molecule has 112 valence electrons. The highest BCUT2D eigenvalue weighted by atomic mass is 35.5. The Morgan fingerprint density at radius 2 is 1.33 bits per heavy atom. The highest BCUT2D eigenvalue weighted by Crippen LogP contribution is 2.16. The minimum Gasteiger partial charge on any atom is -1.00 e. The monoisotopic (exact) mass is 302 g/mol. The summed E-state index contributed by atoms with van der Waals surface area (Å²) in [6.45, 7) is 6.47. The molecule has 0 fully saturated rings. The summed E-state index contributed by atoms with van der Waals surface area (Å²) in [5, 5.41) is 0. The van der Waals surface area contributed by atoms with E-state index >= 15 is 0 Å². The maximum absolute atomic E-state index is 2.35. The lowest BCUT2D eigenvalue weighted by Crippen LogP contribution is -3.00. The number of anilines is 1. The molecule has 2 rings (SSSR count). The smallest absolute Gasteiger partial charge is 0.169 e. The van der Waals surface area contributed by atoms with Crippen molar-refractivity contribution in [3.8, 4) is 0 Å². The second-order valence-electron chi connectivity index (χ2n) is 4.89. The summed E-state index contributed by atoms with van der Waals surface area (Å²) in [5.41, 5.74) is 3.74. The third-order valence-corrected chi connectivity index (χ3v) is 3.49. The number of pyridine rings is 1. The van der Waals surface area contributed by atoms with Gasteiger partial charge in [-0.3, -0.25) is 0 Å². The topological polar surface area (TPSA) is 7.12 Å². The van der Waals surface area contributed by atoms with E-state index in [1.807, 2.05) is 11.6 Å². The van der Waals surface area contributed by atoms with Crippen LogP contribution in [-0.4, -0.2) is 13.1 Å². The summed E-state index contributed by atoms with van der Waals surface area (Å²) in [6.07, 6.45) is 8.42. The first-order valence-electron chi connectivity index (χ1n) is 7.21. The molecule has 1 aromatic carbocycles. The van der Waals surface area contributed by atoms with Gasteiger partial charge in [-0.25, -0.2) is 4.57 Å². The second kappa shape index (κ2) is 8.48. The molecule has 0 amide bonds. The van der Waals surface area contributed by atoms with Crippen LogP contribution in [-0.2, 0) is 7.05 Å². The van der Waals surface area contributed by atoms with Gasteiger partial charge in [-0.05, 0) is 37.1 Å². The lowest BCUT2D eigenvalue weighted by atomic mass is 10.1. The van der Waals surface area contributed by atoms with Gasteiger partial charge >= 0.3 is 0 Å². The molecule has 0 N–H and O–H groups in total. The molecule has 0 aliphatic heterocycles. The molecular formula is C18H23ClN2. The summed E-state index contributed by atoms with van der Waals surface area (Å²) in [6, 6.07) is 13.0. The van der Waals surface area contributed by atoms with Gasteiger partial charge in [-0.15, -0.1) is 0 Å². The normalized spacial score (nSPS) is 10.4. The molecule has 1 aromatic heterocycles.